The van der Waals surface area contributed by atoms with E-state index < -0.39 is 0 Å². The predicted octanol–water partition coefficient (Wildman–Crippen LogP) is 2.18. The SMILES string of the molecule is Cc1ccc(CN(C)Cc2nnc3n(C)c(=O)c4sccc4n23)o1. The molecular formula is C16H17N5O2S. The molecular weight excluding hydrogens is 326 g/mol. The highest BCUT2D eigenvalue weighted by molar-refractivity contribution is 7.17. The zero-order valence-corrected chi connectivity index (χ0v) is 14.5. The lowest BCUT2D eigenvalue weighted by molar-refractivity contribution is 0.278. The van der Waals surface area contributed by atoms with Crippen molar-refractivity contribution in [2.24, 2.45) is 7.05 Å². The second-order valence-electron chi connectivity index (χ2n) is 5.94. The Kier molecular flexibility index (Phi) is 3.50. The quantitative estimate of drug-likeness (QED) is 0.568. The van der Waals surface area contributed by atoms with Crippen molar-refractivity contribution in [3.63, 3.8) is 0 Å². The van der Waals surface area contributed by atoms with Crippen molar-refractivity contribution in [3.05, 3.63) is 51.3 Å². The molecule has 0 saturated carbocycles. The molecule has 124 valence electrons. The van der Waals surface area contributed by atoms with Gasteiger partial charge in [0, 0.05) is 7.05 Å². The van der Waals surface area contributed by atoms with Gasteiger partial charge in [0.05, 0.1) is 18.6 Å². The Morgan fingerprint density at radius 1 is 1.25 bits per heavy atom. The molecule has 0 unspecified atom stereocenters. The third-order valence-corrected chi connectivity index (χ3v) is 4.92. The fourth-order valence-corrected chi connectivity index (χ4v) is 3.74. The van der Waals surface area contributed by atoms with Gasteiger partial charge in [0.2, 0.25) is 5.78 Å². The first-order valence-corrected chi connectivity index (χ1v) is 8.46. The first-order valence-electron chi connectivity index (χ1n) is 7.58. The van der Waals surface area contributed by atoms with Gasteiger partial charge in [-0.15, -0.1) is 21.5 Å². The highest BCUT2D eigenvalue weighted by Crippen LogP contribution is 2.20. The van der Waals surface area contributed by atoms with E-state index in [-0.39, 0.29) is 5.56 Å². The maximum Gasteiger partial charge on any atom is 0.272 e. The average Bonchev–Trinajstić information content (AvgIpc) is 3.24. The number of hydrogen-bond acceptors (Lipinski definition) is 6. The molecule has 0 aliphatic carbocycles. The predicted molar refractivity (Wildman–Crippen MR) is 92.2 cm³/mol. The van der Waals surface area contributed by atoms with E-state index in [0.717, 1.165) is 27.6 Å². The Hall–Kier alpha value is -2.45. The van der Waals surface area contributed by atoms with E-state index in [1.165, 1.54) is 11.3 Å². The van der Waals surface area contributed by atoms with Crippen LogP contribution in [0.25, 0.3) is 16.0 Å². The topological polar surface area (TPSA) is 68.6 Å². The molecule has 4 heterocycles. The molecule has 7 nitrogen and oxygen atoms in total. The van der Waals surface area contributed by atoms with E-state index in [1.807, 2.05) is 42.0 Å². The van der Waals surface area contributed by atoms with Gasteiger partial charge in [0.1, 0.15) is 16.2 Å². The smallest absolute Gasteiger partial charge is 0.272 e. The maximum atomic E-state index is 12.3. The van der Waals surface area contributed by atoms with Crippen LogP contribution in [0, 0.1) is 6.92 Å². The van der Waals surface area contributed by atoms with Crippen molar-refractivity contribution in [1.29, 1.82) is 0 Å². The third kappa shape index (κ3) is 2.35. The minimum Gasteiger partial charge on any atom is -0.465 e. The van der Waals surface area contributed by atoms with Crippen molar-refractivity contribution in [1.82, 2.24) is 24.1 Å². The normalized spacial score (nSPS) is 12.0. The lowest BCUT2D eigenvalue weighted by Gasteiger charge is -2.14. The lowest BCUT2D eigenvalue weighted by Crippen LogP contribution is -2.21. The van der Waals surface area contributed by atoms with Crippen LogP contribution in [0.15, 0.2) is 32.8 Å². The van der Waals surface area contributed by atoms with Crippen LogP contribution in [-0.2, 0) is 20.1 Å². The maximum absolute atomic E-state index is 12.3. The molecule has 0 radical (unpaired) electrons. The summed E-state index contributed by atoms with van der Waals surface area (Å²) in [6.45, 7) is 3.22. The molecule has 0 aromatic carbocycles. The second kappa shape index (κ2) is 5.57. The van der Waals surface area contributed by atoms with Gasteiger partial charge < -0.3 is 4.42 Å². The summed E-state index contributed by atoms with van der Waals surface area (Å²) in [6.07, 6.45) is 0. The third-order valence-electron chi connectivity index (χ3n) is 4.03. The molecule has 0 amide bonds. The zero-order valence-electron chi connectivity index (χ0n) is 13.7. The number of rotatable bonds is 4. The summed E-state index contributed by atoms with van der Waals surface area (Å²) in [6, 6.07) is 5.88. The molecule has 4 rings (SSSR count). The highest BCUT2D eigenvalue weighted by Gasteiger charge is 2.17. The molecule has 4 aromatic heterocycles. The molecule has 4 aromatic rings. The van der Waals surface area contributed by atoms with Crippen LogP contribution in [0.3, 0.4) is 0 Å². The number of furan rings is 1. The van der Waals surface area contributed by atoms with Gasteiger partial charge in [-0.05, 0) is 37.6 Å². The first kappa shape index (κ1) is 15.1. The first-order chi connectivity index (χ1) is 11.5. The molecule has 8 heteroatoms. The Bertz CT molecular complexity index is 1090. The summed E-state index contributed by atoms with van der Waals surface area (Å²) in [4.78, 5) is 14.5. The molecule has 0 aliphatic rings. The fraction of sp³-hybridized carbons (Fsp3) is 0.312. The Morgan fingerprint density at radius 3 is 2.83 bits per heavy atom. The fourth-order valence-electron chi connectivity index (χ4n) is 2.89. The van der Waals surface area contributed by atoms with Crippen molar-refractivity contribution < 1.29 is 4.42 Å². The van der Waals surface area contributed by atoms with Gasteiger partial charge in [-0.3, -0.25) is 18.7 Å². The molecule has 0 N–H and O–H groups in total. The number of hydrogen-bond donors (Lipinski definition) is 0. The molecule has 0 saturated heterocycles. The van der Waals surface area contributed by atoms with E-state index in [0.29, 0.717) is 18.9 Å². The van der Waals surface area contributed by atoms with Crippen molar-refractivity contribution in [2.75, 3.05) is 7.05 Å². The molecule has 24 heavy (non-hydrogen) atoms. The minimum absolute atomic E-state index is 0.0362. The molecule has 0 aliphatic heterocycles. The number of aryl methyl sites for hydroxylation is 2. The summed E-state index contributed by atoms with van der Waals surface area (Å²) < 4.78 is 9.85. The Morgan fingerprint density at radius 2 is 2.08 bits per heavy atom. The lowest BCUT2D eigenvalue weighted by atomic mass is 10.4. The number of fused-ring (bicyclic) bond motifs is 3. The van der Waals surface area contributed by atoms with E-state index in [9.17, 15) is 4.79 Å². The van der Waals surface area contributed by atoms with Gasteiger partial charge in [-0.1, -0.05) is 0 Å². The largest absolute Gasteiger partial charge is 0.465 e. The van der Waals surface area contributed by atoms with Crippen LogP contribution in [0.5, 0.6) is 0 Å². The van der Waals surface area contributed by atoms with Crippen molar-refractivity contribution >= 4 is 27.3 Å². The van der Waals surface area contributed by atoms with Gasteiger partial charge in [-0.25, -0.2) is 0 Å². The minimum atomic E-state index is -0.0362. The van der Waals surface area contributed by atoms with Gasteiger partial charge in [0.15, 0.2) is 5.82 Å². The summed E-state index contributed by atoms with van der Waals surface area (Å²) in [7, 11) is 3.73. The average molecular weight is 343 g/mol. The molecule has 0 bridgehead atoms. The molecule has 0 atom stereocenters. The van der Waals surface area contributed by atoms with Crippen LogP contribution in [-0.4, -0.2) is 31.1 Å². The molecule has 0 spiro atoms. The summed E-state index contributed by atoms with van der Waals surface area (Å²) in [5, 5.41) is 10.4. The van der Waals surface area contributed by atoms with Crippen LogP contribution < -0.4 is 5.56 Å². The Balaban J connectivity index is 1.73. The standard InChI is InChI=1S/C16H17N5O2S/c1-10-4-5-11(23-10)8-19(2)9-13-17-18-16-20(3)15(22)14-12(21(13)16)6-7-24-14/h4-7H,8-9H2,1-3H3. The summed E-state index contributed by atoms with van der Waals surface area (Å²) in [5.41, 5.74) is 0.825. The van der Waals surface area contributed by atoms with Gasteiger partial charge in [-0.2, -0.15) is 0 Å². The van der Waals surface area contributed by atoms with Crippen LogP contribution in [0.1, 0.15) is 17.3 Å². The monoisotopic (exact) mass is 343 g/mol. The number of aromatic nitrogens is 4. The second-order valence-corrected chi connectivity index (χ2v) is 6.85. The van der Waals surface area contributed by atoms with Crippen molar-refractivity contribution in [2.45, 2.75) is 20.0 Å². The van der Waals surface area contributed by atoms with Crippen LogP contribution in [0.4, 0.5) is 0 Å². The van der Waals surface area contributed by atoms with Crippen LogP contribution >= 0.6 is 11.3 Å². The highest BCUT2D eigenvalue weighted by atomic mass is 32.1. The summed E-state index contributed by atoms with van der Waals surface area (Å²) >= 11 is 1.44. The van der Waals surface area contributed by atoms with E-state index >= 15 is 0 Å². The van der Waals surface area contributed by atoms with E-state index in [1.54, 1.807) is 11.6 Å². The van der Waals surface area contributed by atoms with Crippen LogP contribution in [0.2, 0.25) is 0 Å². The van der Waals surface area contributed by atoms with Gasteiger partial charge in [0.25, 0.3) is 5.56 Å². The van der Waals surface area contributed by atoms with E-state index in [2.05, 4.69) is 15.1 Å². The zero-order chi connectivity index (χ0) is 16.8. The molecule has 0 fully saturated rings. The number of nitrogens with zero attached hydrogens (tertiary/aromatic N) is 5. The Labute approximate surface area is 141 Å². The van der Waals surface area contributed by atoms with E-state index in [4.69, 9.17) is 4.42 Å². The number of thiophene rings is 1. The van der Waals surface area contributed by atoms with Crippen molar-refractivity contribution in [3.8, 4) is 0 Å². The van der Waals surface area contributed by atoms with Gasteiger partial charge >= 0.3 is 0 Å². The summed E-state index contributed by atoms with van der Waals surface area (Å²) in [5.74, 6) is 3.18.